The number of hydrogen-bond donors (Lipinski definition) is 1. The summed E-state index contributed by atoms with van der Waals surface area (Å²) in [6.07, 6.45) is -0.232. The van der Waals surface area contributed by atoms with Gasteiger partial charge in [-0.1, -0.05) is 15.9 Å². The third-order valence-electron chi connectivity index (χ3n) is 3.12. The molecule has 3 rings (SSSR count). The van der Waals surface area contributed by atoms with Gasteiger partial charge in [-0.2, -0.15) is 0 Å². The lowest BCUT2D eigenvalue weighted by Crippen LogP contribution is -2.34. The van der Waals surface area contributed by atoms with Gasteiger partial charge in [0.25, 0.3) is 0 Å². The van der Waals surface area contributed by atoms with Crippen LogP contribution >= 0.6 is 38.5 Å². The van der Waals surface area contributed by atoms with Crippen LogP contribution in [-0.4, -0.2) is 22.6 Å². The van der Waals surface area contributed by atoms with E-state index in [9.17, 15) is 4.79 Å². The van der Waals surface area contributed by atoms with Crippen LogP contribution in [0.3, 0.4) is 0 Å². The van der Waals surface area contributed by atoms with E-state index in [2.05, 4.69) is 38.5 Å². The molecule has 0 spiro atoms. The van der Waals surface area contributed by atoms with Crippen molar-refractivity contribution in [3.8, 4) is 0 Å². The van der Waals surface area contributed by atoms with Crippen molar-refractivity contribution in [2.45, 2.75) is 13.0 Å². The van der Waals surface area contributed by atoms with Crippen LogP contribution in [0.5, 0.6) is 0 Å². The first-order valence-electron chi connectivity index (χ1n) is 5.43. The summed E-state index contributed by atoms with van der Waals surface area (Å²) in [5, 5.41) is 10.1. The van der Waals surface area contributed by atoms with Gasteiger partial charge in [0.05, 0.1) is 10.1 Å². The normalized spacial score (nSPS) is 14.9. The van der Waals surface area contributed by atoms with Crippen molar-refractivity contribution >= 4 is 55.6 Å². The molecule has 1 N–H and O–H groups in total. The monoisotopic (exact) mass is 421 g/mol. The summed E-state index contributed by atoms with van der Waals surface area (Å²) in [4.78, 5) is 12.5. The quantitative estimate of drug-likeness (QED) is 0.657. The summed E-state index contributed by atoms with van der Waals surface area (Å²) in [6.45, 7) is 0.907. The predicted molar refractivity (Wildman–Crippen MR) is 78.8 cm³/mol. The van der Waals surface area contributed by atoms with Gasteiger partial charge in [-0.05, 0) is 34.7 Å². The summed E-state index contributed by atoms with van der Waals surface area (Å²) in [7, 11) is 0. The number of amides is 1. The molecular formula is C12H9BrINO3. The van der Waals surface area contributed by atoms with Crippen LogP contribution in [0.1, 0.15) is 11.3 Å². The lowest BCUT2D eigenvalue weighted by atomic mass is 10.1. The van der Waals surface area contributed by atoms with Crippen molar-refractivity contribution < 1.29 is 14.3 Å². The number of carbonyl (C=O) groups is 1. The molecule has 2 aromatic rings. The van der Waals surface area contributed by atoms with Gasteiger partial charge in [0, 0.05) is 28.4 Å². The van der Waals surface area contributed by atoms with E-state index in [4.69, 9.17) is 9.52 Å². The summed E-state index contributed by atoms with van der Waals surface area (Å²) in [5.41, 5.74) is 1.86. The van der Waals surface area contributed by atoms with Crippen LogP contribution in [0.25, 0.3) is 11.0 Å². The second-order valence-corrected chi connectivity index (χ2v) is 6.30. The number of hydrogen-bond acceptors (Lipinski definition) is 2. The molecule has 0 saturated heterocycles. The minimum Gasteiger partial charge on any atom is -0.465 e. The van der Waals surface area contributed by atoms with E-state index in [0.29, 0.717) is 19.5 Å². The molecule has 1 aromatic heterocycles. The molecule has 0 fully saturated rings. The van der Waals surface area contributed by atoms with E-state index >= 15 is 0 Å². The minimum atomic E-state index is -0.875. The van der Waals surface area contributed by atoms with Crippen molar-refractivity contribution in [3.05, 3.63) is 31.5 Å². The molecule has 18 heavy (non-hydrogen) atoms. The van der Waals surface area contributed by atoms with Crippen LogP contribution in [0.4, 0.5) is 4.79 Å². The highest BCUT2D eigenvalue weighted by atomic mass is 127. The summed E-state index contributed by atoms with van der Waals surface area (Å²) >= 11 is 5.70. The zero-order valence-electron chi connectivity index (χ0n) is 9.24. The van der Waals surface area contributed by atoms with Crippen molar-refractivity contribution in [1.82, 2.24) is 4.90 Å². The number of benzene rings is 1. The first kappa shape index (κ1) is 12.3. The molecule has 0 aliphatic carbocycles. The van der Waals surface area contributed by atoms with E-state index in [1.807, 2.05) is 12.1 Å². The van der Waals surface area contributed by atoms with E-state index in [1.165, 1.54) is 4.90 Å². The molecule has 1 aliphatic heterocycles. The number of carboxylic acid groups (broad SMARTS) is 1. The second-order valence-electron chi connectivity index (χ2n) is 4.22. The molecule has 0 unspecified atom stereocenters. The Morgan fingerprint density at radius 1 is 1.50 bits per heavy atom. The lowest BCUT2D eigenvalue weighted by Gasteiger charge is -2.23. The zero-order valence-corrected chi connectivity index (χ0v) is 13.0. The predicted octanol–water partition coefficient (Wildman–Crippen LogP) is 3.84. The van der Waals surface area contributed by atoms with Gasteiger partial charge in [-0.25, -0.2) is 4.79 Å². The van der Waals surface area contributed by atoms with Crippen molar-refractivity contribution in [2.75, 3.05) is 6.54 Å². The highest BCUT2D eigenvalue weighted by Crippen LogP contribution is 2.35. The Labute approximate surface area is 125 Å². The Balaban J connectivity index is 2.18. The fraction of sp³-hybridized carbons (Fsp3) is 0.250. The van der Waals surface area contributed by atoms with Crippen LogP contribution in [0.2, 0.25) is 0 Å². The van der Waals surface area contributed by atoms with E-state index < -0.39 is 6.09 Å². The van der Waals surface area contributed by atoms with Crippen LogP contribution in [-0.2, 0) is 13.0 Å². The number of fused-ring (bicyclic) bond motifs is 3. The van der Waals surface area contributed by atoms with Gasteiger partial charge in [0.1, 0.15) is 11.3 Å². The van der Waals surface area contributed by atoms with Gasteiger partial charge in [0.15, 0.2) is 0 Å². The molecule has 0 radical (unpaired) electrons. The Kier molecular flexibility index (Phi) is 3.01. The molecular weight excluding hydrogens is 413 g/mol. The molecule has 1 aliphatic rings. The highest BCUT2D eigenvalue weighted by molar-refractivity contribution is 14.1. The lowest BCUT2D eigenvalue weighted by molar-refractivity contribution is 0.138. The first-order valence-corrected chi connectivity index (χ1v) is 7.30. The number of nitrogens with zero attached hydrogens (tertiary/aromatic N) is 1. The molecule has 4 nitrogen and oxygen atoms in total. The van der Waals surface area contributed by atoms with E-state index in [0.717, 1.165) is 30.3 Å². The Bertz CT molecular complexity index is 652. The molecule has 1 amide bonds. The average Bonchev–Trinajstić information content (AvgIpc) is 2.67. The number of rotatable bonds is 0. The van der Waals surface area contributed by atoms with Crippen LogP contribution in [0, 0.1) is 3.57 Å². The standard InChI is InChI=1S/C12H9BrINO3/c13-6-3-7-8-5-15(12(16)17)2-1-10(8)18-11(7)9(14)4-6/h3-4H,1-2,5H2,(H,16,17). The molecule has 0 saturated carbocycles. The van der Waals surface area contributed by atoms with Gasteiger partial charge in [0.2, 0.25) is 0 Å². The van der Waals surface area contributed by atoms with E-state index in [1.54, 1.807) is 0 Å². The molecule has 94 valence electrons. The minimum absolute atomic E-state index is 0.407. The Morgan fingerprint density at radius 2 is 2.28 bits per heavy atom. The van der Waals surface area contributed by atoms with Crippen molar-refractivity contribution in [3.63, 3.8) is 0 Å². The van der Waals surface area contributed by atoms with Crippen LogP contribution in [0.15, 0.2) is 21.0 Å². The maximum atomic E-state index is 11.0. The summed E-state index contributed by atoms with van der Waals surface area (Å²) in [6, 6.07) is 3.98. The Hall–Kier alpha value is -0.760. The maximum absolute atomic E-state index is 11.0. The van der Waals surface area contributed by atoms with Crippen molar-refractivity contribution in [1.29, 1.82) is 0 Å². The fourth-order valence-electron chi connectivity index (χ4n) is 2.27. The maximum Gasteiger partial charge on any atom is 0.407 e. The topological polar surface area (TPSA) is 53.7 Å². The van der Waals surface area contributed by atoms with Crippen molar-refractivity contribution in [2.24, 2.45) is 0 Å². The SMILES string of the molecule is O=C(O)N1CCc2oc3c(I)cc(Br)cc3c2C1. The number of furan rings is 1. The van der Waals surface area contributed by atoms with Gasteiger partial charge < -0.3 is 14.4 Å². The van der Waals surface area contributed by atoms with E-state index in [-0.39, 0.29) is 0 Å². The highest BCUT2D eigenvalue weighted by Gasteiger charge is 2.26. The second kappa shape index (κ2) is 4.41. The summed E-state index contributed by atoms with van der Waals surface area (Å²) < 4.78 is 7.87. The Morgan fingerprint density at radius 3 is 3.00 bits per heavy atom. The summed E-state index contributed by atoms with van der Waals surface area (Å²) in [5.74, 6) is 0.915. The molecule has 2 heterocycles. The third-order valence-corrected chi connectivity index (χ3v) is 4.38. The molecule has 6 heteroatoms. The van der Waals surface area contributed by atoms with Crippen LogP contribution < -0.4 is 0 Å². The number of halogens is 2. The van der Waals surface area contributed by atoms with Gasteiger partial charge in [-0.3, -0.25) is 0 Å². The molecule has 0 atom stereocenters. The molecule has 0 bridgehead atoms. The zero-order chi connectivity index (χ0) is 12.9. The fourth-order valence-corrected chi connectivity index (χ4v) is 3.89. The van der Waals surface area contributed by atoms with Gasteiger partial charge >= 0.3 is 6.09 Å². The molecule has 1 aromatic carbocycles. The smallest absolute Gasteiger partial charge is 0.407 e. The third kappa shape index (κ3) is 1.91. The van der Waals surface area contributed by atoms with Gasteiger partial charge in [-0.15, -0.1) is 0 Å². The average molecular weight is 422 g/mol. The largest absolute Gasteiger partial charge is 0.465 e. The first-order chi connectivity index (χ1) is 8.56.